The third-order valence-corrected chi connectivity index (χ3v) is 2.68. The van der Waals surface area contributed by atoms with E-state index in [9.17, 15) is 8.78 Å². The molecule has 0 aliphatic heterocycles. The number of nitrogens with zero attached hydrogens (tertiary/aromatic N) is 1. The zero-order valence-corrected chi connectivity index (χ0v) is 11.2. The first kappa shape index (κ1) is 16.6. The van der Waals surface area contributed by atoms with E-state index in [4.69, 9.17) is 10.2 Å². The fourth-order valence-corrected chi connectivity index (χ4v) is 1.81. The van der Waals surface area contributed by atoms with Crippen LogP contribution in [-0.4, -0.2) is 47.8 Å². The molecule has 0 aromatic heterocycles. The predicted octanol–water partition coefficient (Wildman–Crippen LogP) is 1.48. The summed E-state index contributed by atoms with van der Waals surface area (Å²) in [6, 6.07) is 7.31. The SMILES string of the molecule is OCCC#Cc1ccccc1CN(CCO)CC(F)F. The largest absolute Gasteiger partial charge is 0.395 e. The topological polar surface area (TPSA) is 43.7 Å². The lowest BCUT2D eigenvalue weighted by molar-refractivity contribution is 0.0746. The van der Waals surface area contributed by atoms with Gasteiger partial charge in [0.25, 0.3) is 6.43 Å². The number of halogens is 2. The van der Waals surface area contributed by atoms with Crippen molar-refractivity contribution in [2.24, 2.45) is 0 Å². The van der Waals surface area contributed by atoms with Crippen LogP contribution in [0.1, 0.15) is 17.5 Å². The van der Waals surface area contributed by atoms with Gasteiger partial charge < -0.3 is 10.2 Å². The molecule has 0 aliphatic carbocycles. The average Bonchev–Trinajstić information content (AvgIpc) is 2.40. The van der Waals surface area contributed by atoms with Gasteiger partial charge in [-0.1, -0.05) is 30.0 Å². The van der Waals surface area contributed by atoms with Gasteiger partial charge in [-0.2, -0.15) is 0 Å². The van der Waals surface area contributed by atoms with Crippen LogP contribution in [0.4, 0.5) is 8.78 Å². The molecule has 0 atom stereocenters. The fraction of sp³-hybridized carbons (Fsp3) is 0.467. The van der Waals surface area contributed by atoms with Crippen molar-refractivity contribution in [2.75, 3.05) is 26.3 Å². The molecule has 0 saturated heterocycles. The van der Waals surface area contributed by atoms with Crippen molar-refractivity contribution in [3.8, 4) is 11.8 Å². The monoisotopic (exact) mass is 283 g/mol. The minimum Gasteiger partial charge on any atom is -0.395 e. The third-order valence-electron chi connectivity index (χ3n) is 2.68. The highest BCUT2D eigenvalue weighted by atomic mass is 19.3. The summed E-state index contributed by atoms with van der Waals surface area (Å²) in [6.45, 7) is -0.0289. The van der Waals surface area contributed by atoms with E-state index in [1.807, 2.05) is 24.3 Å². The van der Waals surface area contributed by atoms with Crippen molar-refractivity contribution >= 4 is 0 Å². The molecule has 0 fully saturated rings. The van der Waals surface area contributed by atoms with Crippen molar-refractivity contribution in [1.82, 2.24) is 4.90 Å². The van der Waals surface area contributed by atoms with Crippen LogP contribution in [-0.2, 0) is 6.54 Å². The van der Waals surface area contributed by atoms with Crippen LogP contribution in [0.3, 0.4) is 0 Å². The maximum absolute atomic E-state index is 12.5. The summed E-state index contributed by atoms with van der Waals surface area (Å²) >= 11 is 0. The molecule has 0 saturated carbocycles. The predicted molar refractivity (Wildman–Crippen MR) is 73.4 cm³/mol. The summed E-state index contributed by atoms with van der Waals surface area (Å²) in [6.07, 6.45) is -2.06. The van der Waals surface area contributed by atoms with Gasteiger partial charge >= 0.3 is 0 Å². The Morgan fingerprint density at radius 1 is 1.15 bits per heavy atom. The maximum Gasteiger partial charge on any atom is 0.251 e. The van der Waals surface area contributed by atoms with Crippen molar-refractivity contribution < 1.29 is 19.0 Å². The normalized spacial score (nSPS) is 10.7. The molecule has 1 aromatic rings. The number of benzene rings is 1. The summed E-state index contributed by atoms with van der Waals surface area (Å²) in [4.78, 5) is 1.50. The first-order valence-corrected chi connectivity index (χ1v) is 6.46. The Balaban J connectivity index is 2.81. The summed E-state index contributed by atoms with van der Waals surface area (Å²) in [5, 5.41) is 17.6. The number of rotatable bonds is 7. The van der Waals surface area contributed by atoms with Gasteiger partial charge in [-0.05, 0) is 11.6 Å². The second-order valence-corrected chi connectivity index (χ2v) is 4.28. The Morgan fingerprint density at radius 3 is 2.55 bits per heavy atom. The van der Waals surface area contributed by atoms with Gasteiger partial charge in [0.2, 0.25) is 0 Å². The smallest absolute Gasteiger partial charge is 0.251 e. The van der Waals surface area contributed by atoms with Gasteiger partial charge in [-0.25, -0.2) is 8.78 Å². The Bertz CT molecular complexity index is 455. The highest BCUT2D eigenvalue weighted by Crippen LogP contribution is 2.12. The van der Waals surface area contributed by atoms with E-state index in [-0.39, 0.29) is 26.3 Å². The molecular weight excluding hydrogens is 264 g/mol. The minimum atomic E-state index is -2.44. The van der Waals surface area contributed by atoms with E-state index in [0.29, 0.717) is 13.0 Å². The van der Waals surface area contributed by atoms with Crippen LogP contribution < -0.4 is 0 Å². The van der Waals surface area contributed by atoms with Crippen LogP contribution in [0.15, 0.2) is 24.3 Å². The Morgan fingerprint density at radius 2 is 1.90 bits per heavy atom. The zero-order chi connectivity index (χ0) is 14.8. The molecule has 0 aliphatic rings. The van der Waals surface area contributed by atoms with Crippen LogP contribution in [0.5, 0.6) is 0 Å². The van der Waals surface area contributed by atoms with E-state index in [1.165, 1.54) is 4.90 Å². The number of alkyl halides is 2. The number of hydrogen-bond donors (Lipinski definition) is 2. The van der Waals surface area contributed by atoms with Gasteiger partial charge in [0.15, 0.2) is 0 Å². The average molecular weight is 283 g/mol. The molecular formula is C15H19F2NO2. The summed E-state index contributed by atoms with van der Waals surface area (Å²) in [7, 11) is 0. The molecule has 0 bridgehead atoms. The Labute approximate surface area is 117 Å². The summed E-state index contributed by atoms with van der Waals surface area (Å²) < 4.78 is 25.0. The molecule has 5 heteroatoms. The summed E-state index contributed by atoms with van der Waals surface area (Å²) in [5.41, 5.74) is 1.60. The van der Waals surface area contributed by atoms with Gasteiger partial charge in [0.05, 0.1) is 19.8 Å². The zero-order valence-electron chi connectivity index (χ0n) is 11.2. The van der Waals surface area contributed by atoms with Crippen molar-refractivity contribution in [3.05, 3.63) is 35.4 Å². The molecule has 1 rings (SSSR count). The lowest BCUT2D eigenvalue weighted by Gasteiger charge is -2.21. The van der Waals surface area contributed by atoms with Crippen LogP contribution in [0.2, 0.25) is 0 Å². The van der Waals surface area contributed by atoms with Crippen LogP contribution >= 0.6 is 0 Å². The molecule has 3 nitrogen and oxygen atoms in total. The third kappa shape index (κ3) is 6.11. The second kappa shape index (κ2) is 9.43. The minimum absolute atomic E-state index is 0.00279. The Kier molecular flexibility index (Phi) is 7.81. The van der Waals surface area contributed by atoms with Gasteiger partial charge in [-0.3, -0.25) is 4.90 Å². The van der Waals surface area contributed by atoms with Crippen LogP contribution in [0, 0.1) is 11.8 Å². The van der Waals surface area contributed by atoms with Crippen molar-refractivity contribution in [3.63, 3.8) is 0 Å². The van der Waals surface area contributed by atoms with Crippen LogP contribution in [0.25, 0.3) is 0 Å². The van der Waals surface area contributed by atoms with E-state index in [0.717, 1.165) is 11.1 Å². The number of hydrogen-bond acceptors (Lipinski definition) is 3. The van der Waals surface area contributed by atoms with Gasteiger partial charge in [0.1, 0.15) is 0 Å². The number of aliphatic hydroxyl groups excluding tert-OH is 2. The van der Waals surface area contributed by atoms with E-state index >= 15 is 0 Å². The van der Waals surface area contributed by atoms with Gasteiger partial charge in [0, 0.05) is 25.1 Å². The van der Waals surface area contributed by atoms with E-state index in [1.54, 1.807) is 0 Å². The molecule has 0 unspecified atom stereocenters. The standard InChI is InChI=1S/C15H19F2NO2/c16-15(17)12-18(8-10-20)11-14-7-2-1-5-13(14)6-3-4-9-19/h1-2,5,7,15,19-20H,4,8-12H2. The van der Waals surface area contributed by atoms with Gasteiger partial charge in [-0.15, -0.1) is 0 Å². The lowest BCUT2D eigenvalue weighted by atomic mass is 10.1. The quantitative estimate of drug-likeness (QED) is 0.745. The molecule has 0 amide bonds. The highest BCUT2D eigenvalue weighted by molar-refractivity contribution is 5.41. The van der Waals surface area contributed by atoms with Crippen molar-refractivity contribution in [1.29, 1.82) is 0 Å². The van der Waals surface area contributed by atoms with E-state index < -0.39 is 6.43 Å². The molecule has 110 valence electrons. The number of aliphatic hydroxyl groups is 2. The molecule has 0 radical (unpaired) electrons. The maximum atomic E-state index is 12.5. The fourth-order valence-electron chi connectivity index (χ4n) is 1.81. The molecule has 20 heavy (non-hydrogen) atoms. The summed E-state index contributed by atoms with van der Waals surface area (Å²) in [5.74, 6) is 5.75. The highest BCUT2D eigenvalue weighted by Gasteiger charge is 2.13. The molecule has 2 N–H and O–H groups in total. The lowest BCUT2D eigenvalue weighted by Crippen LogP contribution is -2.31. The molecule has 1 aromatic carbocycles. The van der Waals surface area contributed by atoms with Crippen molar-refractivity contribution in [2.45, 2.75) is 19.4 Å². The van der Waals surface area contributed by atoms with E-state index in [2.05, 4.69) is 11.8 Å². The first-order valence-electron chi connectivity index (χ1n) is 6.46. The molecule has 0 heterocycles. The second-order valence-electron chi connectivity index (χ2n) is 4.28. The Hall–Kier alpha value is -1.48. The molecule has 0 spiro atoms. The first-order chi connectivity index (χ1) is 9.67.